The van der Waals surface area contributed by atoms with Crippen LogP contribution in [0.25, 0.3) is 11.7 Å². The number of rotatable bonds is 6. The molecule has 0 aromatic carbocycles. The summed E-state index contributed by atoms with van der Waals surface area (Å²) in [5.41, 5.74) is 1.51. The summed E-state index contributed by atoms with van der Waals surface area (Å²) in [4.78, 5) is 32.8. The first-order valence-electron chi connectivity index (χ1n) is 9.73. The fraction of sp³-hybridized carbons (Fsp3) is 0.333. The Bertz CT molecular complexity index is 1120. The number of carbonyl (C=O) groups is 1. The quantitative estimate of drug-likeness (QED) is 0.419. The molecule has 1 N–H and O–H groups in total. The first-order valence-corrected chi connectivity index (χ1v) is 11.0. The largest absolute Gasteiger partial charge is 0.376 e. The molecule has 1 amide bonds. The van der Waals surface area contributed by atoms with E-state index >= 15 is 0 Å². The van der Waals surface area contributed by atoms with Gasteiger partial charge in [0.05, 0.1) is 23.1 Å². The Kier molecular flexibility index (Phi) is 6.03. The summed E-state index contributed by atoms with van der Waals surface area (Å²) in [6.07, 6.45) is 6.87. The number of anilines is 1. The van der Waals surface area contributed by atoms with Crippen LogP contribution in [0.5, 0.6) is 0 Å². The second-order valence-electron chi connectivity index (χ2n) is 7.16. The minimum atomic E-state index is -0.250. The van der Waals surface area contributed by atoms with Gasteiger partial charge in [0.1, 0.15) is 15.8 Å². The number of thiocarbonyl (C=S) groups is 1. The van der Waals surface area contributed by atoms with Gasteiger partial charge in [-0.05, 0) is 37.5 Å². The number of pyridine rings is 1. The third-order valence-electron chi connectivity index (χ3n) is 5.06. The SMILES string of the molecule is C=CCNc1nc2c(C)cccn2c(=O)c1/C=C1\SC(=S)N(C[C@@H]2CCCO2)C1=O. The minimum Gasteiger partial charge on any atom is -0.376 e. The van der Waals surface area contributed by atoms with Gasteiger partial charge in [-0.3, -0.25) is 18.9 Å². The molecular weight excluding hydrogens is 420 g/mol. The van der Waals surface area contributed by atoms with E-state index < -0.39 is 0 Å². The number of aryl methyl sites for hydroxylation is 1. The highest BCUT2D eigenvalue weighted by Crippen LogP contribution is 2.34. The molecule has 0 bridgehead atoms. The van der Waals surface area contributed by atoms with E-state index in [9.17, 15) is 9.59 Å². The van der Waals surface area contributed by atoms with E-state index in [-0.39, 0.29) is 17.6 Å². The molecule has 7 nitrogen and oxygen atoms in total. The zero-order valence-electron chi connectivity index (χ0n) is 16.6. The molecule has 4 rings (SSSR count). The van der Waals surface area contributed by atoms with E-state index in [0.717, 1.165) is 18.4 Å². The highest BCUT2D eigenvalue weighted by Gasteiger charge is 2.35. The van der Waals surface area contributed by atoms with Crippen molar-refractivity contribution in [3.63, 3.8) is 0 Å². The van der Waals surface area contributed by atoms with Crippen LogP contribution in [0.4, 0.5) is 5.82 Å². The molecule has 2 aliphatic heterocycles. The van der Waals surface area contributed by atoms with Crippen LogP contribution < -0.4 is 10.9 Å². The lowest BCUT2D eigenvalue weighted by Gasteiger charge is -2.18. The summed E-state index contributed by atoms with van der Waals surface area (Å²) in [6.45, 7) is 7.20. The number of fused-ring (bicyclic) bond motifs is 1. The first kappa shape index (κ1) is 20.8. The number of thioether (sulfide) groups is 1. The highest BCUT2D eigenvalue weighted by atomic mass is 32.2. The molecule has 30 heavy (non-hydrogen) atoms. The highest BCUT2D eigenvalue weighted by molar-refractivity contribution is 8.26. The van der Waals surface area contributed by atoms with Crippen LogP contribution in [-0.2, 0) is 9.53 Å². The molecule has 4 heterocycles. The molecule has 0 aliphatic carbocycles. The van der Waals surface area contributed by atoms with Crippen molar-refractivity contribution in [2.24, 2.45) is 0 Å². The molecule has 0 saturated carbocycles. The van der Waals surface area contributed by atoms with Crippen molar-refractivity contribution in [1.29, 1.82) is 0 Å². The standard InChI is InChI=1S/C21H22N4O3S2/c1-3-8-22-17-15(19(26)24-9-4-6-13(2)18(24)23-17)11-16-20(27)25(21(29)30-16)12-14-7-5-10-28-14/h3-4,6,9,11,14,22H,1,5,7-8,10,12H2,2H3/b16-11-/t14-/m0/s1. The lowest BCUT2D eigenvalue weighted by atomic mass is 10.2. The third kappa shape index (κ3) is 3.92. The monoisotopic (exact) mass is 442 g/mol. The second-order valence-corrected chi connectivity index (χ2v) is 8.84. The molecule has 2 aromatic heterocycles. The maximum absolute atomic E-state index is 13.2. The number of hydrogen-bond donors (Lipinski definition) is 1. The Morgan fingerprint density at radius 1 is 1.47 bits per heavy atom. The fourth-order valence-corrected chi connectivity index (χ4v) is 4.78. The zero-order valence-corrected chi connectivity index (χ0v) is 18.2. The Labute approximate surface area is 183 Å². The molecule has 0 unspecified atom stereocenters. The van der Waals surface area contributed by atoms with Crippen molar-refractivity contribution in [3.05, 3.63) is 57.4 Å². The number of aromatic nitrogens is 2. The number of nitrogens with one attached hydrogen (secondary N) is 1. The van der Waals surface area contributed by atoms with E-state index in [0.29, 0.717) is 46.0 Å². The number of ether oxygens (including phenoxy) is 1. The summed E-state index contributed by atoms with van der Waals surface area (Å²) >= 11 is 6.62. The molecule has 2 fully saturated rings. The van der Waals surface area contributed by atoms with Crippen molar-refractivity contribution in [3.8, 4) is 0 Å². The summed E-state index contributed by atoms with van der Waals surface area (Å²) in [7, 11) is 0. The van der Waals surface area contributed by atoms with Gasteiger partial charge < -0.3 is 10.1 Å². The van der Waals surface area contributed by atoms with Crippen LogP contribution in [0.15, 0.2) is 40.7 Å². The lowest BCUT2D eigenvalue weighted by Crippen LogP contribution is -2.35. The topological polar surface area (TPSA) is 75.9 Å². The van der Waals surface area contributed by atoms with Gasteiger partial charge in [0, 0.05) is 19.3 Å². The van der Waals surface area contributed by atoms with Crippen LogP contribution in [0, 0.1) is 6.92 Å². The smallest absolute Gasteiger partial charge is 0.267 e. The van der Waals surface area contributed by atoms with Gasteiger partial charge in [-0.15, -0.1) is 6.58 Å². The van der Waals surface area contributed by atoms with Crippen molar-refractivity contribution in [2.45, 2.75) is 25.9 Å². The van der Waals surface area contributed by atoms with Crippen LogP contribution in [0.3, 0.4) is 0 Å². The van der Waals surface area contributed by atoms with E-state index in [2.05, 4.69) is 16.9 Å². The van der Waals surface area contributed by atoms with Crippen LogP contribution in [0.2, 0.25) is 0 Å². The third-order valence-corrected chi connectivity index (χ3v) is 6.44. The molecular formula is C21H22N4O3S2. The van der Waals surface area contributed by atoms with Gasteiger partial charge in [0.25, 0.3) is 11.5 Å². The molecule has 2 aliphatic rings. The average molecular weight is 443 g/mol. The Balaban J connectivity index is 1.74. The summed E-state index contributed by atoms with van der Waals surface area (Å²) < 4.78 is 7.61. The van der Waals surface area contributed by atoms with Gasteiger partial charge >= 0.3 is 0 Å². The first-order chi connectivity index (χ1) is 14.5. The predicted molar refractivity (Wildman–Crippen MR) is 124 cm³/mol. The average Bonchev–Trinajstić information content (AvgIpc) is 3.33. The van der Waals surface area contributed by atoms with Crippen LogP contribution in [-0.4, -0.2) is 50.3 Å². The van der Waals surface area contributed by atoms with E-state index in [4.69, 9.17) is 17.0 Å². The summed E-state index contributed by atoms with van der Waals surface area (Å²) in [5, 5.41) is 3.12. The van der Waals surface area contributed by atoms with E-state index in [1.807, 2.05) is 13.0 Å². The molecule has 156 valence electrons. The van der Waals surface area contributed by atoms with Crippen LogP contribution >= 0.6 is 24.0 Å². The molecule has 2 aromatic rings. The molecule has 2 saturated heterocycles. The number of amides is 1. The van der Waals surface area contributed by atoms with E-state index in [1.54, 1.807) is 29.3 Å². The molecule has 0 radical (unpaired) electrons. The predicted octanol–water partition coefficient (Wildman–Crippen LogP) is 2.98. The zero-order chi connectivity index (χ0) is 21.3. The number of nitrogens with zero attached hydrogens (tertiary/aromatic N) is 3. The van der Waals surface area contributed by atoms with Crippen molar-refractivity contribution < 1.29 is 9.53 Å². The van der Waals surface area contributed by atoms with Crippen molar-refractivity contribution in [2.75, 3.05) is 25.0 Å². The van der Waals surface area contributed by atoms with E-state index in [1.165, 1.54) is 16.2 Å². The van der Waals surface area contributed by atoms with Gasteiger partial charge in [0.15, 0.2) is 0 Å². The van der Waals surface area contributed by atoms with Gasteiger partial charge in [-0.2, -0.15) is 0 Å². The van der Waals surface area contributed by atoms with Gasteiger partial charge in [-0.25, -0.2) is 4.98 Å². The normalized spacial score (nSPS) is 20.5. The maximum Gasteiger partial charge on any atom is 0.267 e. The molecule has 9 heteroatoms. The summed E-state index contributed by atoms with van der Waals surface area (Å²) in [6, 6.07) is 3.70. The Morgan fingerprint density at radius 3 is 3.03 bits per heavy atom. The van der Waals surface area contributed by atoms with Crippen molar-refractivity contribution in [1.82, 2.24) is 14.3 Å². The number of carbonyl (C=O) groups excluding carboxylic acids is 1. The number of hydrogen-bond acceptors (Lipinski definition) is 7. The summed E-state index contributed by atoms with van der Waals surface area (Å²) in [5.74, 6) is 0.211. The molecule has 0 spiro atoms. The van der Waals surface area contributed by atoms with Gasteiger partial charge in [0.2, 0.25) is 0 Å². The Morgan fingerprint density at radius 2 is 2.30 bits per heavy atom. The van der Waals surface area contributed by atoms with Crippen LogP contribution in [0.1, 0.15) is 24.0 Å². The van der Waals surface area contributed by atoms with Gasteiger partial charge in [-0.1, -0.05) is 36.1 Å². The second kappa shape index (κ2) is 8.71. The Hall–Kier alpha value is -2.49. The van der Waals surface area contributed by atoms with Crippen molar-refractivity contribution >= 4 is 51.7 Å². The molecule has 1 atom stereocenters. The minimum absolute atomic E-state index is 0.00704. The fourth-order valence-electron chi connectivity index (χ4n) is 3.53. The maximum atomic E-state index is 13.2. The lowest BCUT2D eigenvalue weighted by molar-refractivity contribution is -0.123.